The van der Waals surface area contributed by atoms with Gasteiger partial charge in [-0.25, -0.2) is 0 Å². The van der Waals surface area contributed by atoms with E-state index >= 15 is 0 Å². The van der Waals surface area contributed by atoms with Gasteiger partial charge in [0.05, 0.1) is 5.56 Å². The molecule has 3 rings (SSSR count). The molecule has 2 aromatic carbocycles. The zero-order valence-corrected chi connectivity index (χ0v) is 11.6. The van der Waals surface area contributed by atoms with Gasteiger partial charge >= 0.3 is 0 Å². The van der Waals surface area contributed by atoms with Crippen molar-refractivity contribution in [2.24, 2.45) is 0 Å². The first kappa shape index (κ1) is 12.5. The number of nitrogens with zero attached hydrogens (tertiary/aromatic N) is 1. The standard InChI is InChI=1S/C17H16N2O/c1-11-8-9-14(10-12(11)2)15-16(19-20-17(15)18)13-6-4-3-5-7-13/h3-10H,18H2,1-2H3. The van der Waals surface area contributed by atoms with Crippen LogP contribution >= 0.6 is 0 Å². The largest absolute Gasteiger partial charge is 0.367 e. The fourth-order valence-corrected chi connectivity index (χ4v) is 2.27. The van der Waals surface area contributed by atoms with Gasteiger partial charge in [0, 0.05) is 5.56 Å². The molecular formula is C17H16N2O. The van der Waals surface area contributed by atoms with E-state index in [0.717, 1.165) is 22.4 Å². The number of nitrogen functional groups attached to an aromatic ring is 1. The van der Waals surface area contributed by atoms with Crippen LogP contribution < -0.4 is 5.73 Å². The maximum atomic E-state index is 5.97. The van der Waals surface area contributed by atoms with Crippen LogP contribution in [0.3, 0.4) is 0 Å². The summed E-state index contributed by atoms with van der Waals surface area (Å²) in [5, 5.41) is 4.11. The molecule has 20 heavy (non-hydrogen) atoms. The second-order valence-corrected chi connectivity index (χ2v) is 4.94. The zero-order chi connectivity index (χ0) is 14.1. The van der Waals surface area contributed by atoms with E-state index in [9.17, 15) is 0 Å². The van der Waals surface area contributed by atoms with Crippen LogP contribution in [0.15, 0.2) is 53.1 Å². The maximum absolute atomic E-state index is 5.97. The molecule has 0 unspecified atom stereocenters. The molecule has 1 heterocycles. The first-order chi connectivity index (χ1) is 9.66. The molecule has 0 saturated carbocycles. The fourth-order valence-electron chi connectivity index (χ4n) is 2.27. The van der Waals surface area contributed by atoms with E-state index in [0.29, 0.717) is 5.88 Å². The highest BCUT2D eigenvalue weighted by Gasteiger charge is 2.17. The molecule has 3 heteroatoms. The SMILES string of the molecule is Cc1ccc(-c2c(-c3ccccc3)noc2N)cc1C. The molecule has 100 valence electrons. The van der Waals surface area contributed by atoms with Crippen LogP contribution in [-0.4, -0.2) is 5.16 Å². The number of aryl methyl sites for hydroxylation is 2. The Balaban J connectivity index is 2.19. The molecule has 0 fully saturated rings. The highest BCUT2D eigenvalue weighted by molar-refractivity contribution is 5.87. The van der Waals surface area contributed by atoms with Gasteiger partial charge in [0.2, 0.25) is 5.88 Å². The van der Waals surface area contributed by atoms with E-state index in [-0.39, 0.29) is 0 Å². The summed E-state index contributed by atoms with van der Waals surface area (Å²) >= 11 is 0. The van der Waals surface area contributed by atoms with Crippen LogP contribution in [0.2, 0.25) is 0 Å². The van der Waals surface area contributed by atoms with E-state index in [1.54, 1.807) is 0 Å². The highest BCUT2D eigenvalue weighted by Crippen LogP contribution is 2.36. The predicted molar refractivity (Wildman–Crippen MR) is 81.3 cm³/mol. The lowest BCUT2D eigenvalue weighted by Crippen LogP contribution is -1.89. The molecule has 0 atom stereocenters. The van der Waals surface area contributed by atoms with Gasteiger partial charge in [-0.05, 0) is 30.5 Å². The molecule has 0 radical (unpaired) electrons. The van der Waals surface area contributed by atoms with Gasteiger partial charge in [0.1, 0.15) is 5.69 Å². The topological polar surface area (TPSA) is 52.0 Å². The summed E-state index contributed by atoms with van der Waals surface area (Å²) < 4.78 is 5.20. The van der Waals surface area contributed by atoms with Gasteiger partial charge in [-0.1, -0.05) is 53.7 Å². The first-order valence-corrected chi connectivity index (χ1v) is 6.55. The van der Waals surface area contributed by atoms with Gasteiger partial charge in [0.15, 0.2) is 0 Å². The third-order valence-electron chi connectivity index (χ3n) is 3.56. The van der Waals surface area contributed by atoms with Crippen molar-refractivity contribution in [3.8, 4) is 22.4 Å². The van der Waals surface area contributed by atoms with Crippen molar-refractivity contribution in [2.45, 2.75) is 13.8 Å². The summed E-state index contributed by atoms with van der Waals surface area (Å²) in [6.07, 6.45) is 0. The number of rotatable bonds is 2. The summed E-state index contributed by atoms with van der Waals surface area (Å²) in [5.74, 6) is 0.354. The van der Waals surface area contributed by atoms with Crippen molar-refractivity contribution >= 4 is 5.88 Å². The van der Waals surface area contributed by atoms with Crippen LogP contribution in [0.1, 0.15) is 11.1 Å². The minimum atomic E-state index is 0.354. The Morgan fingerprint density at radius 1 is 0.900 bits per heavy atom. The monoisotopic (exact) mass is 264 g/mol. The lowest BCUT2D eigenvalue weighted by Gasteiger charge is -2.06. The van der Waals surface area contributed by atoms with Gasteiger partial charge in [-0.15, -0.1) is 0 Å². The highest BCUT2D eigenvalue weighted by atomic mass is 16.5. The molecule has 2 N–H and O–H groups in total. The minimum absolute atomic E-state index is 0.354. The summed E-state index contributed by atoms with van der Waals surface area (Å²) in [6, 6.07) is 16.2. The van der Waals surface area contributed by atoms with Crippen molar-refractivity contribution < 1.29 is 4.52 Å². The summed E-state index contributed by atoms with van der Waals surface area (Å²) in [5.41, 5.74) is 12.1. The smallest absolute Gasteiger partial charge is 0.230 e. The third kappa shape index (κ3) is 2.07. The number of aromatic nitrogens is 1. The molecule has 0 aliphatic carbocycles. The van der Waals surface area contributed by atoms with Gasteiger partial charge in [0.25, 0.3) is 0 Å². The fraction of sp³-hybridized carbons (Fsp3) is 0.118. The number of benzene rings is 2. The molecular weight excluding hydrogens is 248 g/mol. The van der Waals surface area contributed by atoms with Crippen molar-refractivity contribution in [1.82, 2.24) is 5.16 Å². The third-order valence-corrected chi connectivity index (χ3v) is 3.56. The van der Waals surface area contributed by atoms with Crippen molar-refractivity contribution in [2.75, 3.05) is 5.73 Å². The Kier molecular flexibility index (Phi) is 3.03. The Labute approximate surface area is 118 Å². The van der Waals surface area contributed by atoms with E-state index in [2.05, 4.69) is 37.2 Å². The summed E-state index contributed by atoms with van der Waals surface area (Å²) in [7, 11) is 0. The molecule has 0 amide bonds. The van der Waals surface area contributed by atoms with E-state index < -0.39 is 0 Å². The lowest BCUT2D eigenvalue weighted by atomic mass is 9.98. The second kappa shape index (κ2) is 4.85. The van der Waals surface area contributed by atoms with Crippen molar-refractivity contribution in [3.05, 3.63) is 59.7 Å². The van der Waals surface area contributed by atoms with Crippen LogP contribution in [-0.2, 0) is 0 Å². The Bertz CT molecular complexity index is 745. The van der Waals surface area contributed by atoms with Crippen LogP contribution in [0, 0.1) is 13.8 Å². The number of hydrogen-bond donors (Lipinski definition) is 1. The van der Waals surface area contributed by atoms with Gasteiger partial charge < -0.3 is 10.3 Å². The average Bonchev–Trinajstić information content (AvgIpc) is 2.85. The molecule has 0 aliphatic heterocycles. The number of nitrogens with two attached hydrogens (primary N) is 1. The minimum Gasteiger partial charge on any atom is -0.367 e. The molecule has 0 spiro atoms. The van der Waals surface area contributed by atoms with Gasteiger partial charge in [-0.3, -0.25) is 0 Å². The van der Waals surface area contributed by atoms with Gasteiger partial charge in [-0.2, -0.15) is 0 Å². The Morgan fingerprint density at radius 3 is 2.35 bits per heavy atom. The maximum Gasteiger partial charge on any atom is 0.230 e. The molecule has 0 bridgehead atoms. The van der Waals surface area contributed by atoms with Crippen LogP contribution in [0.5, 0.6) is 0 Å². The molecule has 0 saturated heterocycles. The quantitative estimate of drug-likeness (QED) is 0.754. The zero-order valence-electron chi connectivity index (χ0n) is 11.6. The van der Waals surface area contributed by atoms with E-state index in [4.69, 9.17) is 10.3 Å². The molecule has 3 aromatic rings. The Hall–Kier alpha value is -2.55. The van der Waals surface area contributed by atoms with Crippen LogP contribution in [0.4, 0.5) is 5.88 Å². The second-order valence-electron chi connectivity index (χ2n) is 4.94. The van der Waals surface area contributed by atoms with Crippen LogP contribution in [0.25, 0.3) is 22.4 Å². The lowest BCUT2D eigenvalue weighted by molar-refractivity contribution is 0.439. The molecule has 1 aromatic heterocycles. The summed E-state index contributed by atoms with van der Waals surface area (Å²) in [6.45, 7) is 4.18. The first-order valence-electron chi connectivity index (χ1n) is 6.55. The van der Waals surface area contributed by atoms with E-state index in [1.165, 1.54) is 11.1 Å². The van der Waals surface area contributed by atoms with E-state index in [1.807, 2.05) is 30.3 Å². The predicted octanol–water partition coefficient (Wildman–Crippen LogP) is 4.21. The molecule has 0 aliphatic rings. The average molecular weight is 264 g/mol. The molecule has 3 nitrogen and oxygen atoms in total. The van der Waals surface area contributed by atoms with Crippen molar-refractivity contribution in [3.63, 3.8) is 0 Å². The normalized spacial score (nSPS) is 10.7. The number of hydrogen-bond acceptors (Lipinski definition) is 3. The number of anilines is 1. The van der Waals surface area contributed by atoms with Crippen molar-refractivity contribution in [1.29, 1.82) is 0 Å². The summed E-state index contributed by atoms with van der Waals surface area (Å²) in [4.78, 5) is 0. The Morgan fingerprint density at radius 2 is 1.65 bits per heavy atom.